The third-order valence-corrected chi connectivity index (χ3v) is 3.28. The Balaban J connectivity index is 2.10. The van der Waals surface area contributed by atoms with Crippen molar-refractivity contribution in [3.05, 3.63) is 46.2 Å². The van der Waals surface area contributed by atoms with Gasteiger partial charge in [-0.3, -0.25) is 0 Å². The maximum atomic E-state index is 5.24. The molecule has 3 heteroatoms. The van der Waals surface area contributed by atoms with Gasteiger partial charge < -0.3 is 4.98 Å². The van der Waals surface area contributed by atoms with Crippen molar-refractivity contribution in [1.82, 2.24) is 9.97 Å². The van der Waals surface area contributed by atoms with Crippen LogP contribution in [0.4, 0.5) is 0 Å². The number of aryl methyl sites for hydroxylation is 1. The van der Waals surface area contributed by atoms with Gasteiger partial charge >= 0.3 is 0 Å². The SMILES string of the molecule is Cc1cccc(-c2nc(=S)cc(C3CC3)[nH]2)c1. The van der Waals surface area contributed by atoms with Crippen LogP contribution in [-0.2, 0) is 0 Å². The summed E-state index contributed by atoms with van der Waals surface area (Å²) in [6.45, 7) is 2.09. The average molecular weight is 242 g/mol. The van der Waals surface area contributed by atoms with Crippen LogP contribution in [0.1, 0.15) is 30.0 Å². The molecule has 0 saturated heterocycles. The van der Waals surface area contributed by atoms with E-state index in [0.717, 1.165) is 11.4 Å². The zero-order valence-electron chi connectivity index (χ0n) is 9.73. The number of aromatic nitrogens is 2. The van der Waals surface area contributed by atoms with Gasteiger partial charge in [0.2, 0.25) is 0 Å². The topological polar surface area (TPSA) is 28.7 Å². The number of hydrogen-bond donors (Lipinski definition) is 1. The molecule has 17 heavy (non-hydrogen) atoms. The summed E-state index contributed by atoms with van der Waals surface area (Å²) in [6, 6.07) is 10.3. The standard InChI is InChI=1S/C14H14N2S/c1-9-3-2-4-11(7-9)14-15-12(10-5-6-10)8-13(17)16-14/h2-4,7-8,10H,5-6H2,1H3,(H,15,16,17). The monoisotopic (exact) mass is 242 g/mol. The highest BCUT2D eigenvalue weighted by molar-refractivity contribution is 7.71. The quantitative estimate of drug-likeness (QED) is 0.807. The first-order valence-corrected chi connectivity index (χ1v) is 6.31. The van der Waals surface area contributed by atoms with Crippen molar-refractivity contribution in [3.8, 4) is 11.4 Å². The van der Waals surface area contributed by atoms with Gasteiger partial charge in [0.1, 0.15) is 10.5 Å². The minimum atomic E-state index is 0.670. The van der Waals surface area contributed by atoms with Crippen LogP contribution in [0, 0.1) is 11.6 Å². The number of hydrogen-bond acceptors (Lipinski definition) is 2. The first kappa shape index (κ1) is 10.7. The van der Waals surface area contributed by atoms with E-state index >= 15 is 0 Å². The van der Waals surface area contributed by atoms with Gasteiger partial charge in [0.15, 0.2) is 0 Å². The van der Waals surface area contributed by atoms with Crippen LogP contribution in [0.3, 0.4) is 0 Å². The second-order valence-corrected chi connectivity index (χ2v) is 5.09. The molecule has 1 aromatic carbocycles. The smallest absolute Gasteiger partial charge is 0.139 e. The summed E-state index contributed by atoms with van der Waals surface area (Å²) in [5.41, 5.74) is 3.58. The molecule has 0 radical (unpaired) electrons. The summed E-state index contributed by atoms with van der Waals surface area (Å²) in [5.74, 6) is 1.56. The molecule has 3 rings (SSSR count). The fraction of sp³-hybridized carbons (Fsp3) is 0.286. The van der Waals surface area contributed by atoms with Crippen molar-refractivity contribution in [2.45, 2.75) is 25.7 Å². The lowest BCUT2D eigenvalue weighted by atomic mass is 10.1. The zero-order chi connectivity index (χ0) is 11.8. The number of H-pyrrole nitrogens is 1. The molecule has 1 aliphatic carbocycles. The Morgan fingerprint density at radius 3 is 2.82 bits per heavy atom. The van der Waals surface area contributed by atoms with Crippen LogP contribution in [-0.4, -0.2) is 9.97 Å². The van der Waals surface area contributed by atoms with Gasteiger partial charge in [0.05, 0.1) is 0 Å². The highest BCUT2D eigenvalue weighted by Crippen LogP contribution is 2.39. The van der Waals surface area contributed by atoms with Crippen LogP contribution in [0.15, 0.2) is 30.3 Å². The third kappa shape index (κ3) is 2.29. The van der Waals surface area contributed by atoms with Gasteiger partial charge in [-0.25, -0.2) is 4.98 Å². The molecule has 0 bridgehead atoms. The lowest BCUT2D eigenvalue weighted by Crippen LogP contribution is -1.94. The van der Waals surface area contributed by atoms with Gasteiger partial charge in [-0.15, -0.1) is 0 Å². The van der Waals surface area contributed by atoms with E-state index in [1.54, 1.807) is 0 Å². The zero-order valence-corrected chi connectivity index (χ0v) is 10.6. The van der Waals surface area contributed by atoms with Crippen molar-refractivity contribution in [1.29, 1.82) is 0 Å². The molecule has 0 spiro atoms. The van der Waals surface area contributed by atoms with E-state index in [-0.39, 0.29) is 0 Å². The molecule has 1 fully saturated rings. The summed E-state index contributed by atoms with van der Waals surface area (Å²) in [6.07, 6.45) is 2.53. The molecule has 1 saturated carbocycles. The first-order valence-electron chi connectivity index (χ1n) is 5.91. The second-order valence-electron chi connectivity index (χ2n) is 4.67. The molecule has 1 heterocycles. The van der Waals surface area contributed by atoms with Gasteiger partial charge in [0.25, 0.3) is 0 Å². The largest absolute Gasteiger partial charge is 0.343 e. The van der Waals surface area contributed by atoms with Crippen molar-refractivity contribution in [3.63, 3.8) is 0 Å². The Labute approximate surface area is 106 Å². The van der Waals surface area contributed by atoms with Crippen LogP contribution in [0.25, 0.3) is 11.4 Å². The number of rotatable bonds is 2. The van der Waals surface area contributed by atoms with E-state index in [9.17, 15) is 0 Å². The van der Waals surface area contributed by atoms with Crippen LogP contribution in [0.5, 0.6) is 0 Å². The molecule has 0 atom stereocenters. The second kappa shape index (κ2) is 4.08. The number of nitrogens with zero attached hydrogens (tertiary/aromatic N) is 1. The maximum absolute atomic E-state index is 5.24. The predicted octanol–water partition coefficient (Wildman–Crippen LogP) is 3.99. The summed E-state index contributed by atoms with van der Waals surface area (Å²) in [5, 5.41) is 0. The minimum Gasteiger partial charge on any atom is -0.343 e. The van der Waals surface area contributed by atoms with E-state index in [1.807, 2.05) is 12.1 Å². The summed E-state index contributed by atoms with van der Waals surface area (Å²) < 4.78 is 0.683. The summed E-state index contributed by atoms with van der Waals surface area (Å²) >= 11 is 5.24. The molecular formula is C14H14N2S. The molecule has 1 aliphatic rings. The number of benzene rings is 1. The molecule has 0 aliphatic heterocycles. The number of aromatic amines is 1. The summed E-state index contributed by atoms with van der Waals surface area (Å²) in [4.78, 5) is 7.83. The van der Waals surface area contributed by atoms with Crippen LogP contribution in [0.2, 0.25) is 0 Å². The summed E-state index contributed by atoms with van der Waals surface area (Å²) in [7, 11) is 0. The van der Waals surface area contributed by atoms with E-state index in [1.165, 1.54) is 24.1 Å². The van der Waals surface area contributed by atoms with Gasteiger partial charge in [-0.2, -0.15) is 0 Å². The highest BCUT2D eigenvalue weighted by atomic mass is 32.1. The highest BCUT2D eigenvalue weighted by Gasteiger charge is 2.24. The van der Waals surface area contributed by atoms with E-state index in [2.05, 4.69) is 35.1 Å². The molecule has 2 nitrogen and oxygen atoms in total. The Kier molecular flexibility index (Phi) is 2.56. The Morgan fingerprint density at radius 1 is 1.29 bits per heavy atom. The molecule has 0 unspecified atom stereocenters. The molecule has 2 aromatic rings. The maximum Gasteiger partial charge on any atom is 0.139 e. The fourth-order valence-electron chi connectivity index (χ4n) is 2.02. The Morgan fingerprint density at radius 2 is 2.12 bits per heavy atom. The molecular weight excluding hydrogens is 228 g/mol. The first-order chi connectivity index (χ1) is 8.22. The van der Waals surface area contributed by atoms with E-state index < -0.39 is 0 Å². The van der Waals surface area contributed by atoms with Crippen LogP contribution >= 0.6 is 12.2 Å². The molecule has 1 aromatic heterocycles. The Bertz CT molecular complexity index is 612. The lowest BCUT2D eigenvalue weighted by Gasteiger charge is -2.05. The predicted molar refractivity (Wildman–Crippen MR) is 71.6 cm³/mol. The molecule has 86 valence electrons. The van der Waals surface area contributed by atoms with Crippen molar-refractivity contribution >= 4 is 12.2 Å². The van der Waals surface area contributed by atoms with Crippen molar-refractivity contribution < 1.29 is 0 Å². The molecule has 0 amide bonds. The van der Waals surface area contributed by atoms with E-state index in [0.29, 0.717) is 10.6 Å². The van der Waals surface area contributed by atoms with E-state index in [4.69, 9.17) is 12.2 Å². The Hall–Kier alpha value is -1.48. The lowest BCUT2D eigenvalue weighted by molar-refractivity contribution is 0.988. The average Bonchev–Trinajstić information content (AvgIpc) is 3.12. The van der Waals surface area contributed by atoms with Gasteiger partial charge in [-0.1, -0.05) is 36.0 Å². The normalized spacial score (nSPS) is 14.9. The van der Waals surface area contributed by atoms with Crippen LogP contribution < -0.4 is 0 Å². The third-order valence-electron chi connectivity index (χ3n) is 3.07. The fourth-order valence-corrected chi connectivity index (χ4v) is 2.24. The van der Waals surface area contributed by atoms with Crippen molar-refractivity contribution in [2.24, 2.45) is 0 Å². The minimum absolute atomic E-state index is 0.670. The molecule has 1 N–H and O–H groups in total. The van der Waals surface area contributed by atoms with Crippen molar-refractivity contribution in [2.75, 3.05) is 0 Å². The van der Waals surface area contributed by atoms with Gasteiger partial charge in [-0.05, 0) is 37.8 Å². The van der Waals surface area contributed by atoms with Gasteiger partial charge in [0, 0.05) is 11.3 Å². The number of nitrogens with one attached hydrogen (secondary N) is 1.